The highest BCUT2D eigenvalue weighted by molar-refractivity contribution is 5.78. The van der Waals surface area contributed by atoms with Gasteiger partial charge in [0, 0.05) is 0 Å². The van der Waals surface area contributed by atoms with Gasteiger partial charge < -0.3 is 9.84 Å². The largest absolute Gasteiger partial charge is 0.479 e. The van der Waals surface area contributed by atoms with Crippen molar-refractivity contribution in [3.8, 4) is 0 Å². The molecule has 0 saturated heterocycles. The van der Waals surface area contributed by atoms with E-state index in [0.29, 0.717) is 19.4 Å². The van der Waals surface area contributed by atoms with Crippen molar-refractivity contribution in [1.82, 2.24) is 0 Å². The van der Waals surface area contributed by atoms with Crippen LogP contribution in [0, 0.1) is 0 Å². The Morgan fingerprint density at radius 3 is 2.64 bits per heavy atom. The van der Waals surface area contributed by atoms with Crippen LogP contribution in [-0.2, 0) is 9.53 Å². The molecule has 0 bridgehead atoms. The van der Waals surface area contributed by atoms with E-state index in [1.54, 1.807) is 6.08 Å². The second kappa shape index (κ2) is 3.05. The average Bonchev–Trinajstić information content (AvgIpc) is 1.85. The molecule has 0 spiro atoms. The molecule has 1 aliphatic rings. The maximum Gasteiger partial charge on any atom is 0.335 e. The molecule has 0 atom stereocenters. The molecular formula is C8H12O3. The predicted molar refractivity (Wildman–Crippen MR) is 40.4 cm³/mol. The Morgan fingerprint density at radius 1 is 1.73 bits per heavy atom. The number of ether oxygens (including phenoxy) is 1. The van der Waals surface area contributed by atoms with Gasteiger partial charge in [0.25, 0.3) is 0 Å². The summed E-state index contributed by atoms with van der Waals surface area (Å²) in [4.78, 5) is 10.7. The summed E-state index contributed by atoms with van der Waals surface area (Å²) in [6.45, 7) is 3.79. The lowest BCUT2D eigenvalue weighted by atomic mass is 9.80. The second-order valence-electron chi connectivity index (χ2n) is 2.75. The minimum atomic E-state index is -0.881. The summed E-state index contributed by atoms with van der Waals surface area (Å²) in [6, 6.07) is 0. The van der Waals surface area contributed by atoms with Gasteiger partial charge in [-0.2, -0.15) is 0 Å². The molecule has 3 heteroatoms. The van der Waals surface area contributed by atoms with Crippen molar-refractivity contribution in [1.29, 1.82) is 0 Å². The first-order valence-electron chi connectivity index (χ1n) is 3.69. The van der Waals surface area contributed by atoms with Crippen LogP contribution in [0.4, 0.5) is 0 Å². The van der Waals surface area contributed by atoms with Gasteiger partial charge in [0.05, 0.1) is 6.61 Å². The molecule has 3 nitrogen and oxygen atoms in total. The van der Waals surface area contributed by atoms with Gasteiger partial charge in [-0.15, -0.1) is 6.58 Å². The first-order valence-corrected chi connectivity index (χ1v) is 3.69. The molecule has 0 radical (unpaired) electrons. The first kappa shape index (κ1) is 8.27. The molecule has 0 heterocycles. The van der Waals surface area contributed by atoms with Gasteiger partial charge in [0.15, 0.2) is 5.60 Å². The topological polar surface area (TPSA) is 46.5 Å². The number of rotatable bonds is 4. The Hall–Kier alpha value is -0.830. The quantitative estimate of drug-likeness (QED) is 0.622. The Balaban J connectivity index is 2.46. The number of hydrogen-bond donors (Lipinski definition) is 1. The predicted octanol–water partition coefficient (Wildman–Crippen LogP) is 1.20. The zero-order valence-electron chi connectivity index (χ0n) is 6.38. The van der Waals surface area contributed by atoms with E-state index in [2.05, 4.69) is 6.58 Å². The lowest BCUT2D eigenvalue weighted by Crippen LogP contribution is -2.47. The van der Waals surface area contributed by atoms with E-state index in [4.69, 9.17) is 9.84 Å². The van der Waals surface area contributed by atoms with Crippen molar-refractivity contribution in [2.75, 3.05) is 6.61 Å². The molecule has 1 rings (SSSR count). The number of carboxylic acid groups (broad SMARTS) is 1. The van der Waals surface area contributed by atoms with E-state index in [1.165, 1.54) is 0 Å². The van der Waals surface area contributed by atoms with Gasteiger partial charge in [0.2, 0.25) is 0 Å². The Bertz CT molecular complexity index is 170. The standard InChI is InChI=1S/C8H12O3/c1-2-6-11-8(7(9)10)4-3-5-8/h2H,1,3-6H2,(H,9,10). The summed E-state index contributed by atoms with van der Waals surface area (Å²) in [5.74, 6) is -0.842. The summed E-state index contributed by atoms with van der Waals surface area (Å²) in [5.41, 5.74) is -0.881. The molecule has 11 heavy (non-hydrogen) atoms. The van der Waals surface area contributed by atoms with Crippen LogP contribution in [0.3, 0.4) is 0 Å². The maximum atomic E-state index is 10.7. The second-order valence-corrected chi connectivity index (χ2v) is 2.75. The summed E-state index contributed by atoms with van der Waals surface area (Å²) in [5, 5.41) is 8.75. The molecule has 0 aliphatic heterocycles. The maximum absolute atomic E-state index is 10.7. The van der Waals surface area contributed by atoms with E-state index >= 15 is 0 Å². The van der Waals surface area contributed by atoms with Crippen molar-refractivity contribution in [2.24, 2.45) is 0 Å². The fourth-order valence-corrected chi connectivity index (χ4v) is 1.14. The highest BCUT2D eigenvalue weighted by atomic mass is 16.5. The number of aliphatic carboxylic acids is 1. The first-order chi connectivity index (χ1) is 5.21. The fourth-order valence-electron chi connectivity index (χ4n) is 1.14. The van der Waals surface area contributed by atoms with Crippen molar-refractivity contribution >= 4 is 5.97 Å². The molecule has 0 aromatic carbocycles. The van der Waals surface area contributed by atoms with Crippen molar-refractivity contribution in [3.63, 3.8) is 0 Å². The molecule has 1 N–H and O–H groups in total. The smallest absolute Gasteiger partial charge is 0.335 e. The molecule has 0 aromatic heterocycles. The van der Waals surface area contributed by atoms with Crippen LogP contribution >= 0.6 is 0 Å². The van der Waals surface area contributed by atoms with Crippen molar-refractivity contribution in [2.45, 2.75) is 24.9 Å². The van der Waals surface area contributed by atoms with E-state index in [-0.39, 0.29) is 0 Å². The van der Waals surface area contributed by atoms with E-state index in [9.17, 15) is 4.79 Å². The summed E-state index contributed by atoms with van der Waals surface area (Å²) in [6.07, 6.45) is 3.79. The lowest BCUT2D eigenvalue weighted by molar-refractivity contribution is -0.176. The van der Waals surface area contributed by atoms with Crippen LogP contribution in [0.15, 0.2) is 12.7 Å². The average molecular weight is 156 g/mol. The van der Waals surface area contributed by atoms with Gasteiger partial charge in [0.1, 0.15) is 0 Å². The normalized spacial score (nSPS) is 20.4. The highest BCUT2D eigenvalue weighted by Crippen LogP contribution is 2.35. The van der Waals surface area contributed by atoms with E-state index < -0.39 is 11.6 Å². The minimum absolute atomic E-state index is 0.326. The fraction of sp³-hybridized carbons (Fsp3) is 0.625. The molecule has 1 saturated carbocycles. The third-order valence-electron chi connectivity index (χ3n) is 2.03. The summed E-state index contributed by atoms with van der Waals surface area (Å²) < 4.78 is 5.16. The van der Waals surface area contributed by atoms with Gasteiger partial charge in [-0.05, 0) is 19.3 Å². The molecule has 1 aliphatic carbocycles. The third-order valence-corrected chi connectivity index (χ3v) is 2.03. The van der Waals surface area contributed by atoms with Crippen LogP contribution in [0.1, 0.15) is 19.3 Å². The Labute approximate surface area is 65.7 Å². The molecule has 0 unspecified atom stereocenters. The van der Waals surface area contributed by atoms with Crippen LogP contribution in [0.25, 0.3) is 0 Å². The number of carboxylic acids is 1. The van der Waals surface area contributed by atoms with E-state index in [0.717, 1.165) is 6.42 Å². The third kappa shape index (κ3) is 1.43. The Kier molecular flexibility index (Phi) is 2.29. The molecule has 1 fully saturated rings. The SMILES string of the molecule is C=CCOC1(C(=O)O)CCC1. The summed E-state index contributed by atoms with van der Waals surface area (Å²) in [7, 11) is 0. The van der Waals surface area contributed by atoms with Gasteiger partial charge in [-0.3, -0.25) is 0 Å². The van der Waals surface area contributed by atoms with E-state index in [1.807, 2.05) is 0 Å². The lowest BCUT2D eigenvalue weighted by Gasteiger charge is -2.36. The highest BCUT2D eigenvalue weighted by Gasteiger charge is 2.45. The zero-order valence-corrected chi connectivity index (χ0v) is 6.38. The van der Waals surface area contributed by atoms with Crippen molar-refractivity contribution < 1.29 is 14.6 Å². The van der Waals surface area contributed by atoms with Crippen LogP contribution in [-0.4, -0.2) is 23.3 Å². The molecular weight excluding hydrogens is 144 g/mol. The number of carbonyl (C=O) groups is 1. The minimum Gasteiger partial charge on any atom is -0.479 e. The van der Waals surface area contributed by atoms with Gasteiger partial charge in [-0.25, -0.2) is 4.79 Å². The zero-order chi connectivity index (χ0) is 8.32. The summed E-state index contributed by atoms with van der Waals surface area (Å²) >= 11 is 0. The molecule has 0 amide bonds. The molecule has 62 valence electrons. The van der Waals surface area contributed by atoms with Crippen LogP contribution in [0.2, 0.25) is 0 Å². The van der Waals surface area contributed by atoms with Gasteiger partial charge >= 0.3 is 5.97 Å². The van der Waals surface area contributed by atoms with Crippen LogP contribution < -0.4 is 0 Å². The van der Waals surface area contributed by atoms with Gasteiger partial charge in [-0.1, -0.05) is 6.08 Å². The Morgan fingerprint density at radius 2 is 2.36 bits per heavy atom. The van der Waals surface area contributed by atoms with Crippen molar-refractivity contribution in [3.05, 3.63) is 12.7 Å². The monoisotopic (exact) mass is 156 g/mol. The molecule has 0 aromatic rings. The van der Waals surface area contributed by atoms with Crippen LogP contribution in [0.5, 0.6) is 0 Å². The number of hydrogen-bond acceptors (Lipinski definition) is 2.